The number of hydrogen-bond donors (Lipinski definition) is 2. The molecule has 6 heteroatoms. The fourth-order valence-corrected chi connectivity index (χ4v) is 1.80. The van der Waals surface area contributed by atoms with Gasteiger partial charge in [0.25, 0.3) is 5.91 Å². The molecule has 0 aromatic heterocycles. The van der Waals surface area contributed by atoms with Crippen molar-refractivity contribution in [2.45, 2.75) is 6.92 Å². The maximum Gasteiger partial charge on any atom is 0.337 e. The van der Waals surface area contributed by atoms with E-state index in [2.05, 4.69) is 5.32 Å². The second kappa shape index (κ2) is 5.70. The molecule has 108 valence electrons. The van der Waals surface area contributed by atoms with Crippen molar-refractivity contribution >= 4 is 17.6 Å². The highest BCUT2D eigenvalue weighted by atomic mass is 19.1. The lowest BCUT2D eigenvalue weighted by molar-refractivity contribution is 0.0698. The highest BCUT2D eigenvalue weighted by molar-refractivity contribution is 6.07. The molecule has 0 aliphatic carbocycles. The van der Waals surface area contributed by atoms with Crippen LogP contribution in [-0.2, 0) is 0 Å². The van der Waals surface area contributed by atoms with Crippen molar-refractivity contribution in [2.75, 3.05) is 5.32 Å². The van der Waals surface area contributed by atoms with Gasteiger partial charge in [-0.2, -0.15) is 0 Å². The lowest BCUT2D eigenvalue weighted by Crippen LogP contribution is -2.16. The number of aromatic carboxylic acids is 1. The van der Waals surface area contributed by atoms with Gasteiger partial charge in [0.05, 0.1) is 16.8 Å². The maximum absolute atomic E-state index is 13.6. The van der Waals surface area contributed by atoms with E-state index in [1.54, 1.807) is 0 Å². The number of benzene rings is 2. The van der Waals surface area contributed by atoms with E-state index in [4.69, 9.17) is 5.11 Å². The van der Waals surface area contributed by atoms with Crippen LogP contribution in [0.1, 0.15) is 26.3 Å². The van der Waals surface area contributed by atoms with E-state index in [9.17, 15) is 18.4 Å². The number of carbonyl (C=O) groups is 2. The first-order valence-corrected chi connectivity index (χ1v) is 5.99. The van der Waals surface area contributed by atoms with Gasteiger partial charge in [-0.25, -0.2) is 13.6 Å². The van der Waals surface area contributed by atoms with Gasteiger partial charge in [-0.15, -0.1) is 0 Å². The molecule has 4 nitrogen and oxygen atoms in total. The van der Waals surface area contributed by atoms with Crippen LogP contribution in [0.25, 0.3) is 0 Å². The quantitative estimate of drug-likeness (QED) is 0.912. The summed E-state index contributed by atoms with van der Waals surface area (Å²) in [5, 5.41) is 11.3. The molecular formula is C15H11F2NO3. The van der Waals surface area contributed by atoms with Crippen LogP contribution in [0, 0.1) is 18.6 Å². The zero-order chi connectivity index (χ0) is 15.6. The molecule has 0 aliphatic rings. The second-order valence-electron chi connectivity index (χ2n) is 4.39. The monoisotopic (exact) mass is 291 g/mol. The molecule has 0 aliphatic heterocycles. The highest BCUT2D eigenvalue weighted by Gasteiger charge is 2.17. The molecular weight excluding hydrogens is 280 g/mol. The number of carboxylic acids is 1. The zero-order valence-electron chi connectivity index (χ0n) is 11.0. The van der Waals surface area contributed by atoms with Gasteiger partial charge in [-0.3, -0.25) is 4.79 Å². The Labute approximate surface area is 119 Å². The molecule has 21 heavy (non-hydrogen) atoms. The highest BCUT2D eigenvalue weighted by Crippen LogP contribution is 2.19. The number of aryl methyl sites for hydroxylation is 1. The van der Waals surface area contributed by atoms with Crippen LogP contribution in [-0.4, -0.2) is 17.0 Å². The summed E-state index contributed by atoms with van der Waals surface area (Å²) in [5.74, 6) is -3.83. The number of para-hydroxylation sites is 1. The van der Waals surface area contributed by atoms with Crippen molar-refractivity contribution in [3.8, 4) is 0 Å². The summed E-state index contributed by atoms with van der Waals surface area (Å²) in [5.41, 5.74) is -0.316. The molecule has 0 saturated heterocycles. The Kier molecular flexibility index (Phi) is 3.98. The number of carbonyl (C=O) groups excluding carboxylic acids is 1. The van der Waals surface area contributed by atoms with Crippen LogP contribution in [0.5, 0.6) is 0 Å². The summed E-state index contributed by atoms with van der Waals surface area (Å²) in [6, 6.07) is 7.42. The van der Waals surface area contributed by atoms with E-state index in [1.165, 1.54) is 31.2 Å². The summed E-state index contributed by atoms with van der Waals surface area (Å²) in [6.45, 7) is 1.40. The molecule has 0 bridgehead atoms. The smallest absolute Gasteiger partial charge is 0.337 e. The molecule has 0 saturated carbocycles. The van der Waals surface area contributed by atoms with Crippen molar-refractivity contribution < 1.29 is 23.5 Å². The number of amides is 1. The fraction of sp³-hybridized carbons (Fsp3) is 0.0667. The van der Waals surface area contributed by atoms with Crippen LogP contribution in [0.3, 0.4) is 0 Å². The molecule has 2 N–H and O–H groups in total. The summed E-state index contributed by atoms with van der Waals surface area (Å²) in [4.78, 5) is 23.0. The predicted octanol–water partition coefficient (Wildman–Crippen LogP) is 3.22. The molecule has 2 rings (SSSR count). The fourth-order valence-electron chi connectivity index (χ4n) is 1.80. The van der Waals surface area contributed by atoms with E-state index in [-0.39, 0.29) is 22.4 Å². The molecule has 0 radical (unpaired) electrons. The van der Waals surface area contributed by atoms with Crippen molar-refractivity contribution in [2.24, 2.45) is 0 Å². The minimum absolute atomic E-state index is 0.0383. The first-order valence-electron chi connectivity index (χ1n) is 5.99. The largest absolute Gasteiger partial charge is 0.478 e. The van der Waals surface area contributed by atoms with E-state index < -0.39 is 23.5 Å². The van der Waals surface area contributed by atoms with Crippen LogP contribution >= 0.6 is 0 Å². The Morgan fingerprint density at radius 3 is 2.38 bits per heavy atom. The van der Waals surface area contributed by atoms with Crippen LogP contribution < -0.4 is 5.32 Å². The third-order valence-corrected chi connectivity index (χ3v) is 2.90. The topological polar surface area (TPSA) is 66.4 Å². The van der Waals surface area contributed by atoms with E-state index in [1.807, 2.05) is 0 Å². The van der Waals surface area contributed by atoms with Gasteiger partial charge in [0.1, 0.15) is 11.6 Å². The Morgan fingerprint density at radius 1 is 1.05 bits per heavy atom. The molecule has 0 spiro atoms. The Bertz CT molecular complexity index is 729. The lowest BCUT2D eigenvalue weighted by Gasteiger charge is -2.09. The van der Waals surface area contributed by atoms with Gasteiger partial charge >= 0.3 is 5.97 Å². The number of hydrogen-bond acceptors (Lipinski definition) is 2. The molecule has 1 amide bonds. The maximum atomic E-state index is 13.6. The van der Waals surface area contributed by atoms with E-state index in [0.29, 0.717) is 6.07 Å². The van der Waals surface area contributed by atoms with Crippen molar-refractivity contribution in [3.63, 3.8) is 0 Å². The summed E-state index contributed by atoms with van der Waals surface area (Å²) in [7, 11) is 0. The van der Waals surface area contributed by atoms with E-state index in [0.717, 1.165) is 6.07 Å². The van der Waals surface area contributed by atoms with Gasteiger partial charge in [-0.05, 0) is 30.7 Å². The minimum Gasteiger partial charge on any atom is -0.478 e. The summed E-state index contributed by atoms with van der Waals surface area (Å²) < 4.78 is 26.8. The standard InChI is InChI=1S/C15H11F2NO3/c1-8-6-10(12(17)7-11(8)16)14(19)18-13-5-3-2-4-9(13)15(20)21/h2-7H,1H3,(H,18,19)(H,20,21). The SMILES string of the molecule is Cc1cc(C(=O)Nc2ccccc2C(=O)O)c(F)cc1F. The lowest BCUT2D eigenvalue weighted by atomic mass is 10.1. The van der Waals surface area contributed by atoms with Crippen LogP contribution in [0.4, 0.5) is 14.5 Å². The molecule has 0 unspecified atom stereocenters. The zero-order valence-corrected chi connectivity index (χ0v) is 11.0. The number of halogens is 2. The normalized spacial score (nSPS) is 10.2. The van der Waals surface area contributed by atoms with E-state index >= 15 is 0 Å². The number of nitrogens with one attached hydrogen (secondary N) is 1. The van der Waals surface area contributed by atoms with Gasteiger partial charge in [0.2, 0.25) is 0 Å². The molecule has 0 atom stereocenters. The third-order valence-electron chi connectivity index (χ3n) is 2.90. The van der Waals surface area contributed by atoms with Gasteiger partial charge < -0.3 is 10.4 Å². The average Bonchev–Trinajstić information content (AvgIpc) is 2.43. The predicted molar refractivity (Wildman–Crippen MR) is 72.4 cm³/mol. The minimum atomic E-state index is -1.22. The molecule has 0 heterocycles. The van der Waals surface area contributed by atoms with Crippen molar-refractivity contribution in [1.29, 1.82) is 0 Å². The number of anilines is 1. The second-order valence-corrected chi connectivity index (χ2v) is 4.39. The summed E-state index contributed by atoms with van der Waals surface area (Å²) >= 11 is 0. The van der Waals surface area contributed by atoms with Gasteiger partial charge in [0, 0.05) is 6.07 Å². The van der Waals surface area contributed by atoms with Crippen LogP contribution in [0.2, 0.25) is 0 Å². The number of rotatable bonds is 3. The molecule has 0 fully saturated rings. The van der Waals surface area contributed by atoms with Gasteiger partial charge in [0.15, 0.2) is 0 Å². The third kappa shape index (κ3) is 3.05. The Hall–Kier alpha value is -2.76. The first-order chi connectivity index (χ1) is 9.90. The Balaban J connectivity index is 2.35. The Morgan fingerprint density at radius 2 is 1.71 bits per heavy atom. The van der Waals surface area contributed by atoms with Crippen molar-refractivity contribution in [3.05, 3.63) is 64.7 Å². The average molecular weight is 291 g/mol. The first kappa shape index (κ1) is 14.6. The van der Waals surface area contributed by atoms with Gasteiger partial charge in [-0.1, -0.05) is 12.1 Å². The molecule has 2 aromatic carbocycles. The number of carboxylic acid groups (broad SMARTS) is 1. The van der Waals surface area contributed by atoms with Crippen LogP contribution in [0.15, 0.2) is 36.4 Å². The molecule has 2 aromatic rings. The van der Waals surface area contributed by atoms with Crippen molar-refractivity contribution in [1.82, 2.24) is 0 Å². The summed E-state index contributed by atoms with van der Waals surface area (Å²) in [6.07, 6.45) is 0.